The Kier molecular flexibility index (Phi) is 3.18. The lowest BCUT2D eigenvalue weighted by molar-refractivity contribution is -0.146. The summed E-state index contributed by atoms with van der Waals surface area (Å²) in [6.45, 7) is 10.4. The summed E-state index contributed by atoms with van der Waals surface area (Å²) < 4.78 is 5.66. The van der Waals surface area contributed by atoms with Crippen LogP contribution in [0.1, 0.15) is 59.8 Å². The van der Waals surface area contributed by atoms with Gasteiger partial charge in [-0.25, -0.2) is 0 Å². The fourth-order valence-electron chi connectivity index (χ4n) is 6.78. The highest BCUT2D eigenvalue weighted by Gasteiger charge is 2.60. The molecule has 2 heteroatoms. The number of epoxide rings is 1. The SMILES string of the molecule is CC1=CC(=O)C2C(CCC3C(C)(C)CCCC23C)C1C1CO1. The molecule has 0 amide bonds. The predicted molar refractivity (Wildman–Crippen MR) is 87.4 cm³/mol. The van der Waals surface area contributed by atoms with Gasteiger partial charge >= 0.3 is 0 Å². The number of carbonyl (C=O) groups is 1. The molecule has 1 aliphatic heterocycles. The van der Waals surface area contributed by atoms with Gasteiger partial charge in [-0.1, -0.05) is 32.8 Å². The van der Waals surface area contributed by atoms with E-state index in [0.29, 0.717) is 35.1 Å². The minimum atomic E-state index is 0.200. The van der Waals surface area contributed by atoms with Gasteiger partial charge in [-0.3, -0.25) is 4.79 Å². The second-order valence-electron chi connectivity index (χ2n) is 9.31. The Morgan fingerprint density at radius 3 is 2.59 bits per heavy atom. The Bertz CT molecular complexity index is 528. The fourth-order valence-corrected chi connectivity index (χ4v) is 6.78. The summed E-state index contributed by atoms with van der Waals surface area (Å²) in [5.41, 5.74) is 1.87. The third-order valence-corrected chi connectivity index (χ3v) is 7.63. The van der Waals surface area contributed by atoms with Crippen molar-refractivity contribution in [1.29, 1.82) is 0 Å². The molecule has 0 N–H and O–H groups in total. The average molecular weight is 302 g/mol. The molecule has 0 bridgehead atoms. The minimum Gasteiger partial charge on any atom is -0.372 e. The number of ketones is 1. The van der Waals surface area contributed by atoms with E-state index >= 15 is 0 Å². The van der Waals surface area contributed by atoms with Crippen LogP contribution < -0.4 is 0 Å². The molecule has 1 saturated heterocycles. The van der Waals surface area contributed by atoms with Crippen molar-refractivity contribution >= 4 is 5.78 Å². The maximum absolute atomic E-state index is 13.0. The molecule has 0 aromatic heterocycles. The number of hydrogen-bond acceptors (Lipinski definition) is 2. The predicted octanol–water partition coefficient (Wildman–Crippen LogP) is 4.39. The molecule has 6 atom stereocenters. The largest absolute Gasteiger partial charge is 0.372 e. The fraction of sp³-hybridized carbons (Fsp3) is 0.850. The Labute approximate surface area is 134 Å². The van der Waals surface area contributed by atoms with E-state index in [4.69, 9.17) is 4.74 Å². The van der Waals surface area contributed by atoms with Crippen LogP contribution in [0.5, 0.6) is 0 Å². The van der Waals surface area contributed by atoms with Gasteiger partial charge in [0.15, 0.2) is 5.78 Å². The summed E-state index contributed by atoms with van der Waals surface area (Å²) in [6.07, 6.45) is 8.73. The molecule has 22 heavy (non-hydrogen) atoms. The topological polar surface area (TPSA) is 29.6 Å². The molecule has 2 nitrogen and oxygen atoms in total. The van der Waals surface area contributed by atoms with Crippen molar-refractivity contribution in [1.82, 2.24) is 0 Å². The lowest BCUT2D eigenvalue weighted by Crippen LogP contribution is -2.56. The minimum absolute atomic E-state index is 0.200. The Morgan fingerprint density at radius 1 is 1.18 bits per heavy atom. The van der Waals surface area contributed by atoms with Gasteiger partial charge in [0.25, 0.3) is 0 Å². The Balaban J connectivity index is 1.75. The van der Waals surface area contributed by atoms with Crippen LogP contribution in [0, 0.1) is 34.5 Å². The first kappa shape index (κ1) is 14.9. The summed E-state index contributed by atoms with van der Waals surface area (Å²) in [6, 6.07) is 0. The zero-order valence-electron chi connectivity index (χ0n) is 14.5. The summed E-state index contributed by atoms with van der Waals surface area (Å²) in [7, 11) is 0. The highest BCUT2D eigenvalue weighted by molar-refractivity contribution is 5.94. The van der Waals surface area contributed by atoms with E-state index in [1.54, 1.807) is 0 Å². The van der Waals surface area contributed by atoms with Crippen molar-refractivity contribution in [2.45, 2.75) is 65.9 Å². The summed E-state index contributed by atoms with van der Waals surface area (Å²) in [4.78, 5) is 13.0. The van der Waals surface area contributed by atoms with Gasteiger partial charge in [0, 0.05) is 11.8 Å². The van der Waals surface area contributed by atoms with E-state index in [1.165, 1.54) is 37.7 Å². The highest BCUT2D eigenvalue weighted by atomic mass is 16.6. The molecule has 1 heterocycles. The second-order valence-corrected chi connectivity index (χ2v) is 9.31. The number of ether oxygens (including phenoxy) is 1. The molecule has 6 unspecified atom stereocenters. The number of carbonyl (C=O) groups excluding carboxylic acids is 1. The van der Waals surface area contributed by atoms with E-state index in [-0.39, 0.29) is 11.3 Å². The maximum atomic E-state index is 13.0. The van der Waals surface area contributed by atoms with Gasteiger partial charge in [0.1, 0.15) is 0 Å². The van der Waals surface area contributed by atoms with Gasteiger partial charge in [-0.15, -0.1) is 0 Å². The molecule has 0 radical (unpaired) electrons. The van der Waals surface area contributed by atoms with E-state index in [9.17, 15) is 4.79 Å². The number of hydrogen-bond donors (Lipinski definition) is 0. The maximum Gasteiger partial charge on any atom is 0.159 e. The van der Waals surface area contributed by atoms with Crippen LogP contribution in [0.25, 0.3) is 0 Å². The lowest BCUT2D eigenvalue weighted by atomic mass is 9.43. The first-order valence-electron chi connectivity index (χ1n) is 9.18. The summed E-state index contributed by atoms with van der Waals surface area (Å²) >= 11 is 0. The quantitative estimate of drug-likeness (QED) is 0.672. The first-order valence-corrected chi connectivity index (χ1v) is 9.18. The molecule has 3 aliphatic carbocycles. The van der Waals surface area contributed by atoms with Crippen molar-refractivity contribution in [2.24, 2.45) is 34.5 Å². The van der Waals surface area contributed by atoms with Crippen molar-refractivity contribution in [3.63, 3.8) is 0 Å². The molecule has 122 valence electrons. The van der Waals surface area contributed by atoms with Gasteiger partial charge in [0.05, 0.1) is 12.7 Å². The molecule has 0 spiro atoms. The van der Waals surface area contributed by atoms with E-state index < -0.39 is 0 Å². The molecule has 4 rings (SSSR count). The third-order valence-electron chi connectivity index (χ3n) is 7.63. The van der Waals surface area contributed by atoms with Crippen LogP contribution in [-0.4, -0.2) is 18.5 Å². The molecular formula is C20H30O2. The van der Waals surface area contributed by atoms with Gasteiger partial charge in [-0.2, -0.15) is 0 Å². The zero-order valence-corrected chi connectivity index (χ0v) is 14.5. The van der Waals surface area contributed by atoms with Crippen LogP contribution in [-0.2, 0) is 9.53 Å². The Morgan fingerprint density at radius 2 is 1.91 bits per heavy atom. The number of allylic oxidation sites excluding steroid dienone is 1. The standard InChI is InChI=1S/C20H30O2/c1-12-10-14(21)18-13(17(12)15-11-22-15)6-7-16-19(2,3)8-5-9-20(16,18)4/h10,13,15-18H,5-9,11H2,1-4H3. The number of rotatable bonds is 1. The van der Waals surface area contributed by atoms with Gasteiger partial charge in [0.2, 0.25) is 0 Å². The molecule has 2 saturated carbocycles. The monoisotopic (exact) mass is 302 g/mol. The first-order chi connectivity index (χ1) is 10.3. The molecule has 4 aliphatic rings. The van der Waals surface area contributed by atoms with Crippen LogP contribution in [0.2, 0.25) is 0 Å². The highest BCUT2D eigenvalue weighted by Crippen LogP contribution is 2.64. The lowest BCUT2D eigenvalue weighted by Gasteiger charge is -2.60. The smallest absolute Gasteiger partial charge is 0.159 e. The summed E-state index contributed by atoms with van der Waals surface area (Å²) in [5, 5.41) is 0. The van der Waals surface area contributed by atoms with E-state index in [0.717, 1.165) is 6.61 Å². The van der Waals surface area contributed by atoms with E-state index in [2.05, 4.69) is 27.7 Å². The van der Waals surface area contributed by atoms with Gasteiger partial charge < -0.3 is 4.74 Å². The Hall–Kier alpha value is -0.630. The molecular weight excluding hydrogens is 272 g/mol. The number of fused-ring (bicyclic) bond motifs is 3. The van der Waals surface area contributed by atoms with Crippen molar-refractivity contribution < 1.29 is 9.53 Å². The van der Waals surface area contributed by atoms with Gasteiger partial charge in [-0.05, 0) is 61.3 Å². The molecule has 0 aromatic rings. The van der Waals surface area contributed by atoms with Crippen molar-refractivity contribution in [3.05, 3.63) is 11.6 Å². The van der Waals surface area contributed by atoms with Crippen LogP contribution >= 0.6 is 0 Å². The van der Waals surface area contributed by atoms with Crippen molar-refractivity contribution in [2.75, 3.05) is 6.61 Å². The van der Waals surface area contributed by atoms with E-state index in [1.807, 2.05) is 6.08 Å². The normalized spacial score (nSPS) is 49.9. The van der Waals surface area contributed by atoms with Crippen LogP contribution in [0.4, 0.5) is 0 Å². The summed E-state index contributed by atoms with van der Waals surface area (Å²) in [5.74, 6) is 2.39. The second kappa shape index (κ2) is 4.69. The average Bonchev–Trinajstić information content (AvgIpc) is 3.21. The molecule has 0 aromatic carbocycles. The third kappa shape index (κ3) is 1.99. The molecule has 3 fully saturated rings. The van der Waals surface area contributed by atoms with Crippen LogP contribution in [0.15, 0.2) is 11.6 Å². The van der Waals surface area contributed by atoms with Crippen molar-refractivity contribution in [3.8, 4) is 0 Å². The zero-order chi connectivity index (χ0) is 15.7. The van der Waals surface area contributed by atoms with Crippen LogP contribution in [0.3, 0.4) is 0 Å².